The summed E-state index contributed by atoms with van der Waals surface area (Å²) >= 11 is 0. The zero-order valence-electron chi connectivity index (χ0n) is 16.0. The molecule has 0 heterocycles. The van der Waals surface area contributed by atoms with Crippen molar-refractivity contribution in [2.24, 2.45) is 0 Å². The van der Waals surface area contributed by atoms with Crippen LogP contribution in [0.3, 0.4) is 0 Å². The van der Waals surface area contributed by atoms with Gasteiger partial charge in [-0.2, -0.15) is 0 Å². The smallest absolute Gasteiger partial charge is 0.261 e. The molecular weight excluding hydrogens is 341 g/mol. The summed E-state index contributed by atoms with van der Waals surface area (Å²) in [5.74, 6) is 0.482. The van der Waals surface area contributed by atoms with E-state index >= 15 is 0 Å². The predicted molar refractivity (Wildman–Crippen MR) is 106 cm³/mol. The van der Waals surface area contributed by atoms with E-state index in [2.05, 4.69) is 17.4 Å². The highest BCUT2D eigenvalue weighted by atomic mass is 19.1. The monoisotopic (exact) mass is 369 g/mol. The van der Waals surface area contributed by atoms with Crippen LogP contribution in [-0.2, 0) is 24.1 Å². The second-order valence-corrected chi connectivity index (χ2v) is 7.17. The number of rotatable bonds is 8. The van der Waals surface area contributed by atoms with Gasteiger partial charge in [-0.1, -0.05) is 25.1 Å². The first-order valence-corrected chi connectivity index (χ1v) is 9.96. The molecule has 3 nitrogen and oxygen atoms in total. The van der Waals surface area contributed by atoms with E-state index < -0.39 is 6.10 Å². The number of ether oxygens (including phenoxy) is 1. The Balaban J connectivity index is 1.46. The standard InChI is InChI=1S/C23H28FNO2/c1-2-22(27-21-14-11-18-7-3-4-8-19(18)16-21)23(26)25-15-5-6-17-9-12-20(24)13-10-17/h9-14,16,22H,2-8,15H2,1H3,(H,25,26)/t22-/m0/s1. The van der Waals surface area contributed by atoms with Gasteiger partial charge in [-0.15, -0.1) is 0 Å². The Morgan fingerprint density at radius 1 is 1.11 bits per heavy atom. The largest absolute Gasteiger partial charge is 0.481 e. The fraction of sp³-hybridized carbons (Fsp3) is 0.435. The van der Waals surface area contributed by atoms with Gasteiger partial charge in [-0.25, -0.2) is 4.39 Å². The Kier molecular flexibility index (Phi) is 6.86. The molecule has 0 radical (unpaired) electrons. The third kappa shape index (κ3) is 5.56. The van der Waals surface area contributed by atoms with E-state index in [9.17, 15) is 9.18 Å². The van der Waals surface area contributed by atoms with Crippen molar-refractivity contribution >= 4 is 5.91 Å². The summed E-state index contributed by atoms with van der Waals surface area (Å²) in [5, 5.41) is 2.96. The zero-order chi connectivity index (χ0) is 19.1. The van der Waals surface area contributed by atoms with Gasteiger partial charge in [0.2, 0.25) is 0 Å². The molecular formula is C23H28FNO2. The molecule has 0 spiro atoms. The van der Waals surface area contributed by atoms with Crippen molar-refractivity contribution in [3.8, 4) is 5.75 Å². The van der Waals surface area contributed by atoms with Crippen LogP contribution in [0.1, 0.15) is 49.3 Å². The Morgan fingerprint density at radius 3 is 2.59 bits per heavy atom. The molecule has 4 heteroatoms. The molecule has 3 rings (SSSR count). The van der Waals surface area contributed by atoms with Crippen molar-refractivity contribution in [3.05, 3.63) is 65.0 Å². The van der Waals surface area contributed by atoms with Crippen LogP contribution in [0.15, 0.2) is 42.5 Å². The van der Waals surface area contributed by atoms with Gasteiger partial charge in [0, 0.05) is 6.54 Å². The minimum atomic E-state index is -0.475. The number of halogens is 1. The van der Waals surface area contributed by atoms with E-state index in [1.54, 1.807) is 12.1 Å². The lowest BCUT2D eigenvalue weighted by atomic mass is 9.92. The molecule has 1 N–H and O–H groups in total. The molecule has 2 aromatic rings. The first kappa shape index (κ1) is 19.4. The Bertz CT molecular complexity index is 757. The number of carbonyl (C=O) groups excluding carboxylic acids is 1. The average molecular weight is 369 g/mol. The maximum atomic E-state index is 12.9. The molecule has 2 aromatic carbocycles. The Morgan fingerprint density at radius 2 is 1.85 bits per heavy atom. The summed E-state index contributed by atoms with van der Waals surface area (Å²) in [5.41, 5.74) is 3.84. The molecule has 0 aromatic heterocycles. The van der Waals surface area contributed by atoms with Crippen molar-refractivity contribution in [3.63, 3.8) is 0 Å². The highest BCUT2D eigenvalue weighted by molar-refractivity contribution is 5.81. The average Bonchev–Trinajstić information content (AvgIpc) is 2.70. The SMILES string of the molecule is CC[C@H](Oc1ccc2c(c1)CCCC2)C(=O)NCCCc1ccc(F)cc1. The molecule has 0 bridgehead atoms. The number of amides is 1. The molecule has 27 heavy (non-hydrogen) atoms. The lowest BCUT2D eigenvalue weighted by molar-refractivity contribution is -0.128. The third-order valence-electron chi connectivity index (χ3n) is 5.12. The molecule has 1 aliphatic carbocycles. The highest BCUT2D eigenvalue weighted by Gasteiger charge is 2.19. The summed E-state index contributed by atoms with van der Waals surface area (Å²) in [4.78, 5) is 12.4. The molecule has 0 saturated carbocycles. The van der Waals surface area contributed by atoms with Crippen LogP contribution < -0.4 is 10.1 Å². The molecule has 144 valence electrons. The lowest BCUT2D eigenvalue weighted by Crippen LogP contribution is -2.38. The molecule has 0 unspecified atom stereocenters. The fourth-order valence-corrected chi connectivity index (χ4v) is 3.54. The number of nitrogens with one attached hydrogen (secondary N) is 1. The van der Waals surface area contributed by atoms with E-state index in [1.165, 1.54) is 36.1 Å². The van der Waals surface area contributed by atoms with Gasteiger partial charge in [0.1, 0.15) is 11.6 Å². The Labute approximate surface area is 160 Å². The number of hydrogen-bond acceptors (Lipinski definition) is 2. The normalized spacial score (nSPS) is 14.3. The van der Waals surface area contributed by atoms with E-state index in [0.717, 1.165) is 37.0 Å². The first-order valence-electron chi connectivity index (χ1n) is 9.96. The number of aryl methyl sites for hydroxylation is 3. The maximum Gasteiger partial charge on any atom is 0.261 e. The van der Waals surface area contributed by atoms with E-state index in [1.807, 2.05) is 13.0 Å². The van der Waals surface area contributed by atoms with Gasteiger partial charge in [-0.3, -0.25) is 4.79 Å². The van der Waals surface area contributed by atoms with Crippen LogP contribution in [0.4, 0.5) is 4.39 Å². The van der Waals surface area contributed by atoms with Crippen LogP contribution in [0.2, 0.25) is 0 Å². The van der Waals surface area contributed by atoms with E-state index in [0.29, 0.717) is 13.0 Å². The minimum absolute atomic E-state index is 0.0747. The second-order valence-electron chi connectivity index (χ2n) is 7.17. The fourth-order valence-electron chi connectivity index (χ4n) is 3.54. The van der Waals surface area contributed by atoms with Crippen LogP contribution in [0.25, 0.3) is 0 Å². The molecule has 1 atom stereocenters. The van der Waals surface area contributed by atoms with E-state index in [4.69, 9.17) is 4.74 Å². The number of benzene rings is 2. The minimum Gasteiger partial charge on any atom is -0.481 e. The third-order valence-corrected chi connectivity index (χ3v) is 5.12. The summed E-state index contributed by atoms with van der Waals surface area (Å²) in [6, 6.07) is 12.7. The highest BCUT2D eigenvalue weighted by Crippen LogP contribution is 2.26. The van der Waals surface area contributed by atoms with Gasteiger partial charge in [0.05, 0.1) is 0 Å². The van der Waals surface area contributed by atoms with Crippen molar-refractivity contribution in [2.75, 3.05) is 6.54 Å². The molecule has 1 amide bonds. The van der Waals surface area contributed by atoms with Gasteiger partial charge >= 0.3 is 0 Å². The van der Waals surface area contributed by atoms with Crippen LogP contribution in [-0.4, -0.2) is 18.6 Å². The molecule has 0 aliphatic heterocycles. The van der Waals surface area contributed by atoms with Gasteiger partial charge in [-0.05, 0) is 85.9 Å². The predicted octanol–water partition coefficient (Wildman–Crippen LogP) is 4.61. The van der Waals surface area contributed by atoms with Crippen molar-refractivity contribution in [1.29, 1.82) is 0 Å². The van der Waals surface area contributed by atoms with Crippen molar-refractivity contribution in [2.45, 2.75) is 58.0 Å². The van der Waals surface area contributed by atoms with Crippen LogP contribution in [0.5, 0.6) is 5.75 Å². The van der Waals surface area contributed by atoms with Crippen molar-refractivity contribution < 1.29 is 13.9 Å². The van der Waals surface area contributed by atoms with Crippen molar-refractivity contribution in [1.82, 2.24) is 5.32 Å². The maximum absolute atomic E-state index is 12.9. The Hall–Kier alpha value is -2.36. The van der Waals surface area contributed by atoms with Crippen LogP contribution >= 0.6 is 0 Å². The number of carbonyl (C=O) groups is 1. The van der Waals surface area contributed by atoms with Crippen LogP contribution in [0, 0.1) is 5.82 Å². The number of fused-ring (bicyclic) bond motifs is 1. The second kappa shape index (κ2) is 9.54. The number of hydrogen-bond donors (Lipinski definition) is 1. The topological polar surface area (TPSA) is 38.3 Å². The van der Waals surface area contributed by atoms with Gasteiger partial charge in [0.25, 0.3) is 5.91 Å². The lowest BCUT2D eigenvalue weighted by Gasteiger charge is -2.20. The van der Waals surface area contributed by atoms with Gasteiger partial charge in [0.15, 0.2) is 6.10 Å². The summed E-state index contributed by atoms with van der Waals surface area (Å²) in [7, 11) is 0. The first-order chi connectivity index (χ1) is 13.2. The zero-order valence-corrected chi connectivity index (χ0v) is 16.0. The molecule has 0 fully saturated rings. The summed E-state index contributed by atoms with van der Waals surface area (Å²) in [6.07, 6.45) is 6.49. The quantitative estimate of drug-likeness (QED) is 0.690. The van der Waals surface area contributed by atoms with Gasteiger partial charge < -0.3 is 10.1 Å². The molecule has 1 aliphatic rings. The summed E-state index contributed by atoms with van der Waals surface area (Å²) < 4.78 is 18.9. The van der Waals surface area contributed by atoms with E-state index in [-0.39, 0.29) is 11.7 Å². The molecule has 0 saturated heterocycles. The summed E-state index contributed by atoms with van der Waals surface area (Å²) in [6.45, 7) is 2.54.